The Morgan fingerprint density at radius 1 is 1.10 bits per heavy atom. The van der Waals surface area contributed by atoms with Gasteiger partial charge in [-0.3, -0.25) is 14.5 Å². The number of anilines is 1. The molecule has 12 heteroatoms. The molecule has 0 radical (unpaired) electrons. The molecule has 8 nitrogen and oxygen atoms in total. The molecule has 222 valence electrons. The fraction of sp³-hybridized carbons (Fsp3) is 0.367. The van der Waals surface area contributed by atoms with E-state index >= 15 is 8.78 Å². The van der Waals surface area contributed by atoms with Crippen LogP contribution in [-0.2, 0) is 4.79 Å². The second-order valence-corrected chi connectivity index (χ2v) is 10.3. The molecule has 3 heterocycles. The van der Waals surface area contributed by atoms with Crippen molar-refractivity contribution in [2.24, 2.45) is 0 Å². The highest BCUT2D eigenvalue weighted by Gasteiger charge is 2.48. The maximum absolute atomic E-state index is 15.4. The van der Waals surface area contributed by atoms with Gasteiger partial charge in [0.05, 0.1) is 7.11 Å². The van der Waals surface area contributed by atoms with Gasteiger partial charge in [-0.1, -0.05) is 6.07 Å². The maximum atomic E-state index is 15.4. The van der Waals surface area contributed by atoms with Crippen LogP contribution in [0.4, 0.5) is 23.4 Å². The molecule has 2 saturated heterocycles. The first-order valence-corrected chi connectivity index (χ1v) is 13.5. The lowest BCUT2D eigenvalue weighted by molar-refractivity contribution is -0.120. The molecule has 0 bridgehead atoms. The van der Waals surface area contributed by atoms with Crippen molar-refractivity contribution in [1.29, 1.82) is 0 Å². The van der Waals surface area contributed by atoms with Crippen LogP contribution in [0.3, 0.4) is 0 Å². The molecule has 2 aliphatic rings. The molecule has 3 aromatic rings. The highest BCUT2D eigenvalue weighted by atomic mass is 19.3. The van der Waals surface area contributed by atoms with Gasteiger partial charge in [-0.25, -0.2) is 13.8 Å². The molecule has 2 fully saturated rings. The number of piperidine rings is 1. The normalized spacial score (nSPS) is 20.6. The van der Waals surface area contributed by atoms with Crippen LogP contribution < -0.4 is 19.7 Å². The summed E-state index contributed by atoms with van der Waals surface area (Å²) in [4.78, 5) is 34.7. The summed E-state index contributed by atoms with van der Waals surface area (Å²) in [6.07, 6.45) is 1.92. The van der Waals surface area contributed by atoms with E-state index in [1.54, 1.807) is 12.1 Å². The van der Waals surface area contributed by atoms with Crippen molar-refractivity contribution in [3.8, 4) is 11.5 Å². The number of hydrogen-bond donors (Lipinski definition) is 1. The van der Waals surface area contributed by atoms with E-state index in [4.69, 9.17) is 9.72 Å². The predicted octanol–water partition coefficient (Wildman–Crippen LogP) is 4.71. The summed E-state index contributed by atoms with van der Waals surface area (Å²) in [6.45, 7) is -1.50. The minimum Gasteiger partial charge on any atom is -0.497 e. The molecule has 42 heavy (non-hydrogen) atoms. The van der Waals surface area contributed by atoms with Gasteiger partial charge in [0.2, 0.25) is 0 Å². The number of alkyl halides is 2. The standard InChI is InChI=1S/C30H30F4N4O4/c1-37(28(39)17-8-10-19(11-9-17)42-30(33)34)27-21(26-22(31)13-20(41-2)14-23(26)32)16-38(29(27)40)25-7-3-6-24(36-25)18-5-4-12-35-15-18/h3,6-11,13-14,18,21,27,30,35H,4-5,12,15-16H2,1-2H3/t18?,21-,27-/m0/s1. The van der Waals surface area contributed by atoms with E-state index in [9.17, 15) is 18.4 Å². The van der Waals surface area contributed by atoms with Crippen LogP contribution in [0, 0.1) is 11.6 Å². The Morgan fingerprint density at radius 2 is 1.81 bits per heavy atom. The second-order valence-electron chi connectivity index (χ2n) is 10.3. The van der Waals surface area contributed by atoms with Gasteiger partial charge in [0.1, 0.15) is 35.0 Å². The number of nitrogens with one attached hydrogen (secondary N) is 1. The zero-order valence-electron chi connectivity index (χ0n) is 23.0. The lowest BCUT2D eigenvalue weighted by Crippen LogP contribution is -2.45. The van der Waals surface area contributed by atoms with Gasteiger partial charge in [0.15, 0.2) is 0 Å². The Hall–Kier alpha value is -4.19. The van der Waals surface area contributed by atoms with Crippen molar-refractivity contribution in [3.63, 3.8) is 0 Å². The van der Waals surface area contributed by atoms with Crippen molar-refractivity contribution in [2.75, 3.05) is 38.7 Å². The number of pyridine rings is 1. The molecule has 0 saturated carbocycles. The lowest BCUT2D eigenvalue weighted by atomic mass is 9.91. The fourth-order valence-corrected chi connectivity index (χ4v) is 5.67. The summed E-state index contributed by atoms with van der Waals surface area (Å²) in [5, 5.41) is 3.34. The minimum atomic E-state index is -3.03. The van der Waals surface area contributed by atoms with E-state index in [0.29, 0.717) is 5.82 Å². The molecule has 5 rings (SSSR count). The Bertz CT molecular complexity index is 1430. The van der Waals surface area contributed by atoms with E-state index in [2.05, 4.69) is 10.1 Å². The zero-order valence-corrected chi connectivity index (χ0v) is 23.0. The van der Waals surface area contributed by atoms with Gasteiger partial charge in [-0.05, 0) is 55.8 Å². The molecule has 1 N–H and O–H groups in total. The number of rotatable bonds is 8. The SMILES string of the molecule is COc1cc(F)c([C@@H]2CN(c3cccc(C4CCCNC4)n3)C(=O)[C@H]2N(C)C(=O)c2ccc(OC(F)F)cc2)c(F)c1. The largest absolute Gasteiger partial charge is 0.497 e. The van der Waals surface area contributed by atoms with Crippen LogP contribution in [0.15, 0.2) is 54.6 Å². The number of carbonyl (C=O) groups excluding carboxylic acids is 2. The van der Waals surface area contributed by atoms with Crippen molar-refractivity contribution in [1.82, 2.24) is 15.2 Å². The Balaban J connectivity index is 1.50. The third kappa shape index (κ3) is 5.89. The predicted molar refractivity (Wildman–Crippen MR) is 146 cm³/mol. The van der Waals surface area contributed by atoms with Crippen molar-refractivity contribution in [3.05, 3.63) is 83.1 Å². The van der Waals surface area contributed by atoms with Crippen molar-refractivity contribution < 1.29 is 36.6 Å². The van der Waals surface area contributed by atoms with E-state index < -0.39 is 42.0 Å². The van der Waals surface area contributed by atoms with E-state index in [0.717, 1.165) is 48.7 Å². The van der Waals surface area contributed by atoms with Crippen LogP contribution in [0.1, 0.15) is 46.3 Å². The minimum absolute atomic E-state index is 0.0301. The average Bonchev–Trinajstić information content (AvgIpc) is 3.32. The summed E-state index contributed by atoms with van der Waals surface area (Å²) in [5.41, 5.74) is 0.513. The number of hydrogen-bond acceptors (Lipinski definition) is 6. The number of amides is 2. The van der Waals surface area contributed by atoms with E-state index in [1.165, 1.54) is 43.3 Å². The lowest BCUT2D eigenvalue weighted by Gasteiger charge is -2.28. The number of methoxy groups -OCH3 is 1. The molecule has 1 unspecified atom stereocenters. The number of halogens is 4. The molecule has 0 aliphatic carbocycles. The van der Waals surface area contributed by atoms with Gasteiger partial charge in [0, 0.05) is 60.9 Å². The second kappa shape index (κ2) is 12.4. The van der Waals surface area contributed by atoms with Crippen molar-refractivity contribution in [2.45, 2.75) is 37.3 Å². The van der Waals surface area contributed by atoms with Crippen molar-refractivity contribution >= 4 is 17.6 Å². The summed E-state index contributed by atoms with van der Waals surface area (Å²) >= 11 is 0. The number of likely N-dealkylation sites (N-methyl/N-ethyl adjacent to an activating group) is 1. The van der Waals surface area contributed by atoms with Gasteiger partial charge in [-0.15, -0.1) is 0 Å². The summed E-state index contributed by atoms with van der Waals surface area (Å²) in [6, 6.07) is 11.0. The topological polar surface area (TPSA) is 84.0 Å². The van der Waals surface area contributed by atoms with E-state index in [1.807, 2.05) is 6.07 Å². The molecule has 1 aromatic heterocycles. The summed E-state index contributed by atoms with van der Waals surface area (Å²) in [7, 11) is 2.64. The first-order valence-electron chi connectivity index (χ1n) is 13.5. The number of ether oxygens (including phenoxy) is 2. The highest BCUT2D eigenvalue weighted by Crippen LogP contribution is 2.39. The zero-order chi connectivity index (χ0) is 30.0. The number of carbonyl (C=O) groups is 2. The summed E-state index contributed by atoms with van der Waals surface area (Å²) < 4.78 is 65.2. The molecular formula is C30H30F4N4O4. The smallest absolute Gasteiger partial charge is 0.387 e. The molecule has 0 spiro atoms. The monoisotopic (exact) mass is 586 g/mol. The third-order valence-electron chi connectivity index (χ3n) is 7.75. The highest BCUT2D eigenvalue weighted by molar-refractivity contribution is 6.04. The Labute approximate surface area is 240 Å². The molecule has 2 aromatic carbocycles. The average molecular weight is 587 g/mol. The number of nitrogens with zero attached hydrogens (tertiary/aromatic N) is 3. The van der Waals surface area contributed by atoms with E-state index in [-0.39, 0.29) is 35.1 Å². The Kier molecular flexibility index (Phi) is 8.62. The first-order chi connectivity index (χ1) is 20.2. The number of aromatic nitrogens is 1. The first kappa shape index (κ1) is 29.3. The Morgan fingerprint density at radius 3 is 2.43 bits per heavy atom. The van der Waals surface area contributed by atoms with Crippen LogP contribution in [-0.4, -0.2) is 68.1 Å². The quantitative estimate of drug-likeness (QED) is 0.385. The molecular weight excluding hydrogens is 556 g/mol. The van der Waals surface area contributed by atoms with Crippen LogP contribution in [0.25, 0.3) is 0 Å². The summed E-state index contributed by atoms with van der Waals surface area (Å²) in [5.74, 6) is -3.84. The van der Waals surface area contributed by atoms with Gasteiger partial charge in [-0.2, -0.15) is 8.78 Å². The maximum Gasteiger partial charge on any atom is 0.387 e. The molecule has 2 aliphatic heterocycles. The van der Waals surface area contributed by atoms with Gasteiger partial charge < -0.3 is 19.7 Å². The van der Waals surface area contributed by atoms with Gasteiger partial charge in [0.25, 0.3) is 11.8 Å². The molecule has 3 atom stereocenters. The van der Waals surface area contributed by atoms with Crippen LogP contribution in [0.2, 0.25) is 0 Å². The molecule has 2 amide bonds. The van der Waals surface area contributed by atoms with Crippen LogP contribution in [0.5, 0.6) is 11.5 Å². The van der Waals surface area contributed by atoms with Gasteiger partial charge >= 0.3 is 6.61 Å². The fourth-order valence-electron chi connectivity index (χ4n) is 5.67. The third-order valence-corrected chi connectivity index (χ3v) is 7.75. The van der Waals surface area contributed by atoms with Crippen LogP contribution >= 0.6 is 0 Å². The number of benzene rings is 2.